The molecule has 0 saturated carbocycles. The van der Waals surface area contributed by atoms with E-state index in [0.717, 1.165) is 5.39 Å². The normalized spacial score (nSPS) is 9.43. The highest BCUT2D eigenvalue weighted by atomic mass is 19.1. The van der Waals surface area contributed by atoms with Gasteiger partial charge in [0.25, 0.3) is 0 Å². The van der Waals surface area contributed by atoms with Crippen molar-refractivity contribution in [1.29, 1.82) is 0 Å². The number of aromatic nitrogens is 1. The molecule has 1 heterocycles. The molecule has 0 unspecified atom stereocenters. The van der Waals surface area contributed by atoms with E-state index >= 15 is 0 Å². The first-order valence-corrected chi connectivity index (χ1v) is 4.79. The van der Waals surface area contributed by atoms with E-state index in [1.54, 1.807) is 25.3 Å². The van der Waals surface area contributed by atoms with E-state index in [9.17, 15) is 4.39 Å². The van der Waals surface area contributed by atoms with Crippen LogP contribution in [-0.4, -0.2) is 4.98 Å². The van der Waals surface area contributed by atoms with Crippen molar-refractivity contribution in [1.82, 2.24) is 4.98 Å². The monoisotopic (exact) mass is 191 g/mol. The first-order chi connectivity index (χ1) is 6.79. The molecule has 2 heteroatoms. The zero-order valence-corrected chi connectivity index (χ0v) is 8.71. The maximum Gasteiger partial charge on any atom is 0.152 e. The SMILES string of the molecule is CC.Cc1ccc2cccnc2c1F. The molecule has 0 N–H and O–H groups in total. The number of benzene rings is 1. The van der Waals surface area contributed by atoms with Crippen LogP contribution in [0.15, 0.2) is 30.5 Å². The van der Waals surface area contributed by atoms with Gasteiger partial charge in [-0.25, -0.2) is 4.39 Å². The lowest BCUT2D eigenvalue weighted by molar-refractivity contribution is 0.627. The highest BCUT2D eigenvalue weighted by Crippen LogP contribution is 2.17. The zero-order chi connectivity index (χ0) is 10.6. The number of rotatable bonds is 0. The Labute approximate surface area is 83.6 Å². The standard InChI is InChI=1S/C10H8FN.C2H6/c1-7-4-5-8-3-2-6-12-10(8)9(7)11;1-2/h2-6H,1H3;1-2H3. The van der Waals surface area contributed by atoms with E-state index in [2.05, 4.69) is 4.98 Å². The van der Waals surface area contributed by atoms with Gasteiger partial charge in [0.15, 0.2) is 5.82 Å². The van der Waals surface area contributed by atoms with Gasteiger partial charge < -0.3 is 0 Å². The van der Waals surface area contributed by atoms with Gasteiger partial charge >= 0.3 is 0 Å². The summed E-state index contributed by atoms with van der Waals surface area (Å²) in [6, 6.07) is 7.29. The van der Waals surface area contributed by atoms with E-state index in [0.29, 0.717) is 11.1 Å². The molecule has 0 spiro atoms. The van der Waals surface area contributed by atoms with Crippen LogP contribution < -0.4 is 0 Å². The highest BCUT2D eigenvalue weighted by Gasteiger charge is 2.02. The maximum atomic E-state index is 13.3. The number of halogens is 1. The molecular formula is C12H14FN. The zero-order valence-electron chi connectivity index (χ0n) is 8.71. The molecule has 0 aliphatic heterocycles. The van der Waals surface area contributed by atoms with Crippen LogP contribution in [0.5, 0.6) is 0 Å². The lowest BCUT2D eigenvalue weighted by Crippen LogP contribution is -1.86. The minimum Gasteiger partial charge on any atom is -0.253 e. The Balaban J connectivity index is 0.000000461. The summed E-state index contributed by atoms with van der Waals surface area (Å²) in [5.41, 5.74) is 1.10. The second-order valence-electron chi connectivity index (χ2n) is 2.77. The molecular weight excluding hydrogens is 177 g/mol. The van der Waals surface area contributed by atoms with Gasteiger partial charge in [-0.1, -0.05) is 32.0 Å². The van der Waals surface area contributed by atoms with Crippen molar-refractivity contribution in [3.8, 4) is 0 Å². The third-order valence-electron chi connectivity index (χ3n) is 1.91. The Hall–Kier alpha value is -1.44. The minimum absolute atomic E-state index is 0.215. The third-order valence-corrected chi connectivity index (χ3v) is 1.91. The van der Waals surface area contributed by atoms with Gasteiger partial charge in [0.1, 0.15) is 5.52 Å². The van der Waals surface area contributed by atoms with Crippen LogP contribution in [0.3, 0.4) is 0 Å². The summed E-state index contributed by atoms with van der Waals surface area (Å²) in [6.07, 6.45) is 1.60. The van der Waals surface area contributed by atoms with Crippen molar-refractivity contribution < 1.29 is 4.39 Å². The molecule has 0 amide bonds. The summed E-state index contributed by atoms with van der Waals surface area (Å²) in [7, 11) is 0. The van der Waals surface area contributed by atoms with Crippen molar-refractivity contribution in [2.75, 3.05) is 0 Å². The van der Waals surface area contributed by atoms with Gasteiger partial charge in [0, 0.05) is 11.6 Å². The summed E-state index contributed by atoms with van der Waals surface area (Å²) in [5.74, 6) is -0.215. The van der Waals surface area contributed by atoms with Crippen LogP contribution >= 0.6 is 0 Å². The quantitative estimate of drug-likeness (QED) is 0.618. The van der Waals surface area contributed by atoms with Crippen LogP contribution in [0.25, 0.3) is 10.9 Å². The van der Waals surface area contributed by atoms with Crippen molar-refractivity contribution >= 4 is 10.9 Å². The lowest BCUT2D eigenvalue weighted by Gasteiger charge is -1.99. The van der Waals surface area contributed by atoms with E-state index in [1.807, 2.05) is 26.0 Å². The van der Waals surface area contributed by atoms with Crippen molar-refractivity contribution in [3.63, 3.8) is 0 Å². The fourth-order valence-electron chi connectivity index (χ4n) is 1.21. The molecule has 2 rings (SSSR count). The molecule has 74 valence electrons. The van der Waals surface area contributed by atoms with Crippen LogP contribution in [0.4, 0.5) is 4.39 Å². The molecule has 1 aromatic heterocycles. The predicted molar refractivity (Wildman–Crippen MR) is 57.8 cm³/mol. The molecule has 1 nitrogen and oxygen atoms in total. The summed E-state index contributed by atoms with van der Waals surface area (Å²) in [5, 5.41) is 0.848. The van der Waals surface area contributed by atoms with Gasteiger partial charge in [0.2, 0.25) is 0 Å². The number of hydrogen-bond donors (Lipinski definition) is 0. The molecule has 1 aromatic carbocycles. The first kappa shape index (κ1) is 10.6. The number of aryl methyl sites for hydroxylation is 1. The molecule has 0 radical (unpaired) electrons. The third kappa shape index (κ3) is 1.90. The summed E-state index contributed by atoms with van der Waals surface area (Å²) in [4.78, 5) is 3.97. The topological polar surface area (TPSA) is 12.9 Å². The smallest absolute Gasteiger partial charge is 0.152 e. The Kier molecular flexibility index (Phi) is 3.57. The molecule has 0 bridgehead atoms. The molecule has 0 atom stereocenters. The van der Waals surface area contributed by atoms with Crippen LogP contribution in [0, 0.1) is 12.7 Å². The number of fused-ring (bicyclic) bond motifs is 1. The first-order valence-electron chi connectivity index (χ1n) is 4.79. The highest BCUT2D eigenvalue weighted by molar-refractivity contribution is 5.79. The molecule has 14 heavy (non-hydrogen) atoms. The number of pyridine rings is 1. The fourth-order valence-corrected chi connectivity index (χ4v) is 1.21. The van der Waals surface area contributed by atoms with E-state index < -0.39 is 0 Å². The molecule has 0 saturated heterocycles. The van der Waals surface area contributed by atoms with Crippen LogP contribution in [0.1, 0.15) is 19.4 Å². The largest absolute Gasteiger partial charge is 0.253 e. The van der Waals surface area contributed by atoms with Gasteiger partial charge in [-0.3, -0.25) is 4.98 Å². The molecule has 0 aliphatic carbocycles. The van der Waals surface area contributed by atoms with Crippen LogP contribution in [0.2, 0.25) is 0 Å². The number of nitrogens with zero attached hydrogens (tertiary/aromatic N) is 1. The Morgan fingerprint density at radius 1 is 1.14 bits per heavy atom. The summed E-state index contributed by atoms with van der Waals surface area (Å²) >= 11 is 0. The van der Waals surface area contributed by atoms with E-state index in [-0.39, 0.29) is 5.82 Å². The van der Waals surface area contributed by atoms with Gasteiger partial charge in [-0.2, -0.15) is 0 Å². The lowest BCUT2D eigenvalue weighted by atomic mass is 10.1. The molecule has 0 fully saturated rings. The van der Waals surface area contributed by atoms with Gasteiger partial charge in [-0.05, 0) is 18.6 Å². The predicted octanol–water partition coefficient (Wildman–Crippen LogP) is 3.71. The van der Waals surface area contributed by atoms with Crippen molar-refractivity contribution in [2.45, 2.75) is 20.8 Å². The maximum absolute atomic E-state index is 13.3. The average molecular weight is 191 g/mol. The van der Waals surface area contributed by atoms with Gasteiger partial charge in [0.05, 0.1) is 0 Å². The Bertz CT molecular complexity index is 424. The molecule has 2 aromatic rings. The van der Waals surface area contributed by atoms with E-state index in [4.69, 9.17) is 0 Å². The average Bonchev–Trinajstić information content (AvgIpc) is 2.27. The second-order valence-corrected chi connectivity index (χ2v) is 2.77. The van der Waals surface area contributed by atoms with Gasteiger partial charge in [-0.15, -0.1) is 0 Å². The molecule has 0 aliphatic rings. The summed E-state index contributed by atoms with van der Waals surface area (Å²) < 4.78 is 13.3. The van der Waals surface area contributed by atoms with Crippen molar-refractivity contribution in [2.24, 2.45) is 0 Å². The Morgan fingerprint density at radius 2 is 1.86 bits per heavy atom. The minimum atomic E-state index is -0.215. The summed E-state index contributed by atoms with van der Waals surface area (Å²) in [6.45, 7) is 5.74. The van der Waals surface area contributed by atoms with Crippen molar-refractivity contribution in [3.05, 3.63) is 41.8 Å². The van der Waals surface area contributed by atoms with E-state index in [1.165, 1.54) is 0 Å². The number of hydrogen-bond acceptors (Lipinski definition) is 1. The second kappa shape index (κ2) is 4.70. The van der Waals surface area contributed by atoms with Crippen LogP contribution in [-0.2, 0) is 0 Å². The Morgan fingerprint density at radius 3 is 2.57 bits per heavy atom. The fraction of sp³-hybridized carbons (Fsp3) is 0.250.